The maximum atomic E-state index is 11.5. The lowest BCUT2D eigenvalue weighted by Crippen LogP contribution is -2.40. The first kappa shape index (κ1) is 19.2. The Bertz CT molecular complexity index is 754. The third-order valence-corrected chi connectivity index (χ3v) is 3.55. The molecule has 0 radical (unpaired) electrons. The van der Waals surface area contributed by atoms with E-state index in [-0.39, 0.29) is 18.1 Å². The third kappa shape index (κ3) is 4.09. The first-order chi connectivity index (χ1) is 12.2. The lowest BCUT2D eigenvalue weighted by atomic mass is 10.1. The van der Waals surface area contributed by atoms with Crippen LogP contribution in [-0.4, -0.2) is 52.4 Å². The van der Waals surface area contributed by atoms with E-state index in [0.29, 0.717) is 0 Å². The Labute approximate surface area is 148 Å². The number of carbonyl (C=O) groups is 3. The highest BCUT2D eigenvalue weighted by Gasteiger charge is 2.51. The highest BCUT2D eigenvalue weighted by atomic mass is 16.7. The minimum absolute atomic E-state index is 0.00985. The fraction of sp³-hybridized carbons (Fsp3) is 0.533. The van der Waals surface area contributed by atoms with E-state index in [0.717, 1.165) is 0 Å². The summed E-state index contributed by atoms with van der Waals surface area (Å²) in [6.45, 7) is 3.34. The van der Waals surface area contributed by atoms with Gasteiger partial charge in [0.05, 0.1) is 0 Å². The lowest BCUT2D eigenvalue weighted by molar-refractivity contribution is -0.166. The van der Waals surface area contributed by atoms with E-state index in [9.17, 15) is 14.4 Å². The monoisotopic (exact) mass is 366 g/mol. The molecule has 11 nitrogen and oxygen atoms in total. The Hall–Kier alpha value is -3.13. The number of hydrogen-bond donors (Lipinski definition) is 1. The molecule has 1 aromatic heterocycles. The second-order valence-electron chi connectivity index (χ2n) is 5.51. The van der Waals surface area contributed by atoms with E-state index in [1.54, 1.807) is 0 Å². The Morgan fingerprint density at radius 2 is 1.85 bits per heavy atom. The highest BCUT2D eigenvalue weighted by molar-refractivity contribution is 5.68. The number of carbonyl (C=O) groups excluding carboxylic acids is 3. The summed E-state index contributed by atoms with van der Waals surface area (Å²) < 4.78 is 22.5. The van der Waals surface area contributed by atoms with E-state index in [1.165, 1.54) is 31.7 Å². The molecule has 0 spiro atoms. The Morgan fingerprint density at radius 3 is 2.35 bits per heavy atom. The number of aromatic nitrogens is 2. The van der Waals surface area contributed by atoms with Crippen LogP contribution < -0.4 is 5.73 Å². The summed E-state index contributed by atoms with van der Waals surface area (Å²) in [6, 6.07) is 1.81. The molecule has 11 heteroatoms. The number of nitrogens with two attached hydrogens (primary N) is 1. The molecule has 140 valence electrons. The average Bonchev–Trinajstić information content (AvgIpc) is 3.06. The predicted molar refractivity (Wildman–Crippen MR) is 83.0 cm³/mol. The van der Waals surface area contributed by atoms with Gasteiger partial charge >= 0.3 is 17.9 Å². The van der Waals surface area contributed by atoms with Crippen molar-refractivity contribution in [3.63, 3.8) is 0 Å². The van der Waals surface area contributed by atoms with Crippen LogP contribution in [0.5, 0.6) is 0 Å². The molecule has 2 heterocycles. The molecular formula is C15H18N4O7. The van der Waals surface area contributed by atoms with Crippen LogP contribution >= 0.6 is 0 Å². The largest absolute Gasteiger partial charge is 0.463 e. The zero-order chi connectivity index (χ0) is 19.4. The van der Waals surface area contributed by atoms with E-state index in [1.807, 2.05) is 6.07 Å². The topological polar surface area (TPSA) is 156 Å². The summed E-state index contributed by atoms with van der Waals surface area (Å²) in [7, 11) is 0. The fourth-order valence-electron chi connectivity index (χ4n) is 2.58. The number of imidazole rings is 1. The van der Waals surface area contributed by atoms with Gasteiger partial charge in [-0.1, -0.05) is 0 Å². The van der Waals surface area contributed by atoms with Crippen molar-refractivity contribution in [2.45, 2.75) is 45.3 Å². The van der Waals surface area contributed by atoms with Crippen LogP contribution in [0, 0.1) is 11.3 Å². The van der Waals surface area contributed by atoms with Crippen LogP contribution in [0.15, 0.2) is 6.33 Å². The van der Waals surface area contributed by atoms with Crippen LogP contribution in [0.4, 0.5) is 5.82 Å². The van der Waals surface area contributed by atoms with Gasteiger partial charge in [-0.25, -0.2) is 4.98 Å². The summed E-state index contributed by atoms with van der Waals surface area (Å²) in [5.74, 6) is -1.85. The molecule has 26 heavy (non-hydrogen) atoms. The minimum Gasteiger partial charge on any atom is -0.463 e. The van der Waals surface area contributed by atoms with Gasteiger partial charge in [-0.3, -0.25) is 19.0 Å². The molecule has 1 saturated heterocycles. The van der Waals surface area contributed by atoms with Crippen molar-refractivity contribution in [2.24, 2.45) is 0 Å². The van der Waals surface area contributed by atoms with Crippen LogP contribution in [0.1, 0.15) is 32.7 Å². The van der Waals surface area contributed by atoms with Crippen LogP contribution in [0.2, 0.25) is 0 Å². The Kier molecular flexibility index (Phi) is 5.78. The minimum atomic E-state index is -1.08. The fourth-order valence-corrected chi connectivity index (χ4v) is 2.58. The summed E-state index contributed by atoms with van der Waals surface area (Å²) in [4.78, 5) is 37.9. The number of nitrogen functional groups attached to an aromatic ring is 1. The first-order valence-electron chi connectivity index (χ1n) is 7.60. The molecule has 1 fully saturated rings. The van der Waals surface area contributed by atoms with Crippen molar-refractivity contribution in [1.29, 1.82) is 5.26 Å². The Balaban J connectivity index is 2.39. The van der Waals surface area contributed by atoms with Crippen molar-refractivity contribution >= 4 is 23.7 Å². The van der Waals surface area contributed by atoms with Crippen molar-refractivity contribution in [2.75, 3.05) is 12.3 Å². The van der Waals surface area contributed by atoms with Gasteiger partial charge in [-0.2, -0.15) is 5.26 Å². The maximum absolute atomic E-state index is 11.5. The first-order valence-corrected chi connectivity index (χ1v) is 7.60. The number of nitriles is 1. The second-order valence-corrected chi connectivity index (χ2v) is 5.51. The molecule has 1 aromatic rings. The molecular weight excluding hydrogens is 348 g/mol. The normalized spacial score (nSPS) is 24.5. The van der Waals surface area contributed by atoms with Gasteiger partial charge in [0.1, 0.15) is 30.9 Å². The number of anilines is 1. The summed E-state index contributed by atoms with van der Waals surface area (Å²) in [5, 5.41) is 9.00. The molecule has 2 rings (SSSR count). The zero-order valence-electron chi connectivity index (χ0n) is 14.4. The van der Waals surface area contributed by atoms with Gasteiger partial charge in [-0.05, 0) is 0 Å². The lowest BCUT2D eigenvalue weighted by Gasteiger charge is -2.24. The van der Waals surface area contributed by atoms with Crippen LogP contribution in [0.3, 0.4) is 0 Å². The zero-order valence-corrected chi connectivity index (χ0v) is 14.4. The Morgan fingerprint density at radius 1 is 1.23 bits per heavy atom. The highest BCUT2D eigenvalue weighted by Crippen LogP contribution is 2.36. The number of nitrogens with zero attached hydrogens (tertiary/aromatic N) is 3. The average molecular weight is 366 g/mol. The van der Waals surface area contributed by atoms with Crippen molar-refractivity contribution in [3.05, 3.63) is 12.0 Å². The molecule has 1 aliphatic heterocycles. The molecule has 0 amide bonds. The van der Waals surface area contributed by atoms with Crippen LogP contribution in [0.25, 0.3) is 0 Å². The van der Waals surface area contributed by atoms with Gasteiger partial charge in [0.15, 0.2) is 24.1 Å². The molecule has 2 N–H and O–H groups in total. The van der Waals surface area contributed by atoms with E-state index < -0.39 is 42.4 Å². The quantitative estimate of drug-likeness (QED) is 0.540. The van der Waals surface area contributed by atoms with Gasteiger partial charge in [0.2, 0.25) is 0 Å². The van der Waals surface area contributed by atoms with Gasteiger partial charge < -0.3 is 24.7 Å². The molecule has 0 bridgehead atoms. The smallest absolute Gasteiger partial charge is 0.303 e. The van der Waals surface area contributed by atoms with Crippen molar-refractivity contribution < 1.29 is 33.3 Å². The molecule has 4 atom stereocenters. The summed E-state index contributed by atoms with van der Waals surface area (Å²) >= 11 is 0. The van der Waals surface area contributed by atoms with Crippen molar-refractivity contribution in [3.8, 4) is 6.07 Å². The van der Waals surface area contributed by atoms with Crippen molar-refractivity contribution in [1.82, 2.24) is 9.55 Å². The number of ether oxygens (including phenoxy) is 4. The van der Waals surface area contributed by atoms with Gasteiger partial charge in [0.25, 0.3) is 0 Å². The van der Waals surface area contributed by atoms with Gasteiger partial charge in [-0.15, -0.1) is 0 Å². The SMILES string of the molecule is CC(=O)OC[C@H]1O[C@@H](n2cnc(C#N)c2N)[C@H](OC(C)=O)[C@@H]1OC(C)=O. The van der Waals surface area contributed by atoms with E-state index in [4.69, 9.17) is 29.9 Å². The molecule has 0 unspecified atom stereocenters. The van der Waals surface area contributed by atoms with E-state index in [2.05, 4.69) is 4.98 Å². The second kappa shape index (κ2) is 7.83. The molecule has 0 saturated carbocycles. The maximum Gasteiger partial charge on any atom is 0.303 e. The van der Waals surface area contributed by atoms with Crippen LogP contribution in [-0.2, 0) is 33.3 Å². The molecule has 0 aliphatic carbocycles. The number of hydrogen-bond acceptors (Lipinski definition) is 10. The predicted octanol–water partition coefficient (Wildman–Crippen LogP) is -0.339. The third-order valence-electron chi connectivity index (χ3n) is 3.55. The van der Waals surface area contributed by atoms with Gasteiger partial charge in [0, 0.05) is 20.8 Å². The number of esters is 3. The summed E-state index contributed by atoms with van der Waals surface area (Å²) in [6.07, 6.45) is -2.83. The standard InChI is InChI=1S/C15H18N4O7/c1-7(20)23-5-11-12(24-8(2)21)13(25-9(3)22)15(26-11)19-6-18-10(4-16)14(19)17/h6,11-13,15H,5,17H2,1-3H3/t11-,12-,13-,15-/m1/s1. The van der Waals surface area contributed by atoms with E-state index >= 15 is 0 Å². The summed E-state index contributed by atoms with van der Waals surface area (Å²) in [5.41, 5.74) is 5.83. The number of rotatable bonds is 5. The molecule has 1 aliphatic rings. The molecule has 0 aromatic carbocycles.